The van der Waals surface area contributed by atoms with Gasteiger partial charge in [-0.2, -0.15) is 0 Å². The van der Waals surface area contributed by atoms with Gasteiger partial charge in [-0.3, -0.25) is 47.9 Å². The quantitative estimate of drug-likeness (QED) is 0.277. The summed E-state index contributed by atoms with van der Waals surface area (Å²) in [7, 11) is 0. The van der Waals surface area contributed by atoms with Crippen LogP contribution < -0.4 is 0 Å². The summed E-state index contributed by atoms with van der Waals surface area (Å²) in [6.07, 6.45) is -6.47. The molecule has 11 heteroatoms. The lowest BCUT2D eigenvalue weighted by Gasteiger charge is -2.02. The van der Waals surface area contributed by atoms with E-state index in [1.165, 1.54) is 6.92 Å². The molecule has 0 heterocycles. The zero-order valence-electron chi connectivity index (χ0n) is 16.9. The number of carboxylic acid groups (broad SMARTS) is 1. The molecule has 0 rings (SSSR count). The Morgan fingerprint density at radius 3 is 0.774 bits per heavy atom. The van der Waals surface area contributed by atoms with Crippen LogP contribution in [0.2, 0.25) is 0 Å². The van der Waals surface area contributed by atoms with Crippen LogP contribution in [0.25, 0.3) is 0 Å². The van der Waals surface area contributed by atoms with Crippen molar-refractivity contribution in [2.45, 2.75) is 64.7 Å². The number of Topliss-reactive ketones (excluding diaryl/α,β-unsaturated/α-hetero) is 9. The molecule has 0 unspecified atom stereocenters. The van der Waals surface area contributed by atoms with Gasteiger partial charge >= 0.3 is 5.97 Å². The molecule has 0 aliphatic rings. The van der Waals surface area contributed by atoms with E-state index in [1.54, 1.807) is 0 Å². The molecule has 0 aromatic rings. The maximum atomic E-state index is 11.7. The predicted octanol–water partition coefficient (Wildman–Crippen LogP) is -0.276. The molecule has 0 bridgehead atoms. The second-order valence-corrected chi connectivity index (χ2v) is 7.00. The van der Waals surface area contributed by atoms with Gasteiger partial charge in [-0.05, 0) is 6.92 Å². The van der Waals surface area contributed by atoms with E-state index in [9.17, 15) is 47.9 Å². The van der Waals surface area contributed by atoms with Crippen molar-refractivity contribution in [3.63, 3.8) is 0 Å². The first-order valence-electron chi connectivity index (χ1n) is 9.13. The van der Waals surface area contributed by atoms with Crippen LogP contribution in [0.4, 0.5) is 0 Å². The van der Waals surface area contributed by atoms with Gasteiger partial charge in [-0.15, -0.1) is 0 Å². The molecule has 0 aromatic carbocycles. The van der Waals surface area contributed by atoms with Gasteiger partial charge in [0.2, 0.25) is 0 Å². The third-order valence-electron chi connectivity index (χ3n) is 3.55. The molecular formula is C20H22O11. The SMILES string of the molecule is CC(=O)CC(=O)CC(=O)CC(=O)CC(=O)CC(=O)CC(=O)CC(=O)CC(=O)CC(=O)O. The van der Waals surface area contributed by atoms with Crippen LogP contribution in [0.15, 0.2) is 0 Å². The van der Waals surface area contributed by atoms with Gasteiger partial charge in [0.05, 0.1) is 51.4 Å². The van der Waals surface area contributed by atoms with Crippen LogP contribution in [0.3, 0.4) is 0 Å². The Labute approximate surface area is 176 Å². The highest BCUT2D eigenvalue weighted by atomic mass is 16.4. The summed E-state index contributed by atoms with van der Waals surface area (Å²) in [5.41, 5.74) is 0. The number of carboxylic acids is 1. The van der Waals surface area contributed by atoms with Gasteiger partial charge < -0.3 is 5.11 Å². The summed E-state index contributed by atoms with van der Waals surface area (Å²) in [4.78, 5) is 113. The highest BCUT2D eigenvalue weighted by Gasteiger charge is 2.21. The molecule has 1 N–H and O–H groups in total. The Balaban J connectivity index is 4.31. The molecular weight excluding hydrogens is 416 g/mol. The lowest BCUT2D eigenvalue weighted by Crippen LogP contribution is -2.20. The minimum Gasteiger partial charge on any atom is -0.481 e. The van der Waals surface area contributed by atoms with Gasteiger partial charge in [0.15, 0.2) is 5.78 Å². The fraction of sp³-hybridized carbons (Fsp3) is 0.500. The van der Waals surface area contributed by atoms with E-state index in [4.69, 9.17) is 5.11 Å². The van der Waals surface area contributed by atoms with Crippen molar-refractivity contribution in [1.82, 2.24) is 0 Å². The molecule has 0 aliphatic carbocycles. The van der Waals surface area contributed by atoms with Crippen LogP contribution in [0, 0.1) is 0 Å². The summed E-state index contributed by atoms with van der Waals surface area (Å²) in [5.74, 6) is -8.41. The van der Waals surface area contributed by atoms with Crippen molar-refractivity contribution in [1.29, 1.82) is 0 Å². The summed E-state index contributed by atoms with van der Waals surface area (Å²) in [6, 6.07) is 0. The molecule has 0 amide bonds. The second kappa shape index (κ2) is 13.7. The Morgan fingerprint density at radius 2 is 0.581 bits per heavy atom. The zero-order valence-corrected chi connectivity index (χ0v) is 16.9. The van der Waals surface area contributed by atoms with Crippen LogP contribution in [-0.4, -0.2) is 63.1 Å². The minimum absolute atomic E-state index is 0.430. The van der Waals surface area contributed by atoms with Crippen LogP contribution in [0.1, 0.15) is 64.7 Å². The summed E-state index contributed by atoms with van der Waals surface area (Å²) < 4.78 is 0. The van der Waals surface area contributed by atoms with Crippen LogP contribution in [0.5, 0.6) is 0 Å². The average molecular weight is 438 g/mol. The number of rotatable bonds is 18. The molecule has 0 aliphatic heterocycles. The Morgan fingerprint density at radius 1 is 0.387 bits per heavy atom. The van der Waals surface area contributed by atoms with Gasteiger partial charge in [0.25, 0.3) is 0 Å². The van der Waals surface area contributed by atoms with Crippen molar-refractivity contribution in [3.8, 4) is 0 Å². The van der Waals surface area contributed by atoms with Gasteiger partial charge in [-0.1, -0.05) is 0 Å². The van der Waals surface area contributed by atoms with Crippen molar-refractivity contribution in [2.24, 2.45) is 0 Å². The van der Waals surface area contributed by atoms with Crippen molar-refractivity contribution in [3.05, 3.63) is 0 Å². The smallest absolute Gasteiger partial charge is 0.310 e. The van der Waals surface area contributed by atoms with Crippen molar-refractivity contribution in [2.75, 3.05) is 0 Å². The minimum atomic E-state index is -1.42. The Kier molecular flexibility index (Phi) is 12.1. The van der Waals surface area contributed by atoms with E-state index in [0.29, 0.717) is 0 Å². The third kappa shape index (κ3) is 15.1. The topological polar surface area (TPSA) is 191 Å². The first-order chi connectivity index (χ1) is 14.3. The number of hydrogen-bond donors (Lipinski definition) is 1. The monoisotopic (exact) mass is 438 g/mol. The number of carbonyl (C=O) groups is 10. The first-order valence-corrected chi connectivity index (χ1v) is 9.13. The number of ketones is 9. The number of carbonyl (C=O) groups excluding carboxylic acids is 9. The molecule has 0 saturated heterocycles. The molecule has 0 aromatic heterocycles. The van der Waals surface area contributed by atoms with Crippen molar-refractivity contribution < 1.29 is 53.1 Å². The standard InChI is InChI=1S/C20H22O11/c1-11(21)2-12(22)3-13(23)4-14(24)5-15(25)6-16(26)7-17(27)8-18(28)9-19(29)10-20(30)31/h2-10H2,1H3,(H,30,31). The molecule has 0 atom stereocenters. The third-order valence-corrected chi connectivity index (χ3v) is 3.55. The normalized spacial score (nSPS) is 10.1. The molecule has 31 heavy (non-hydrogen) atoms. The highest BCUT2D eigenvalue weighted by molar-refractivity contribution is 6.17. The zero-order chi connectivity index (χ0) is 24.1. The molecule has 168 valence electrons. The van der Waals surface area contributed by atoms with E-state index < -0.39 is 116 Å². The second-order valence-electron chi connectivity index (χ2n) is 7.00. The molecule has 0 fully saturated rings. The lowest BCUT2D eigenvalue weighted by molar-refractivity contribution is -0.141. The number of hydrogen-bond acceptors (Lipinski definition) is 10. The lowest BCUT2D eigenvalue weighted by atomic mass is 9.99. The molecule has 11 nitrogen and oxygen atoms in total. The van der Waals surface area contributed by atoms with Gasteiger partial charge in [0, 0.05) is 0 Å². The summed E-state index contributed by atoms with van der Waals surface area (Å²) in [5, 5.41) is 8.42. The molecule has 0 radical (unpaired) electrons. The fourth-order valence-corrected chi connectivity index (χ4v) is 2.49. The van der Waals surface area contributed by atoms with Gasteiger partial charge in [0.1, 0.15) is 52.7 Å². The maximum Gasteiger partial charge on any atom is 0.310 e. The number of aliphatic carboxylic acids is 1. The summed E-state index contributed by atoms with van der Waals surface area (Å²) >= 11 is 0. The van der Waals surface area contributed by atoms with Crippen LogP contribution >= 0.6 is 0 Å². The molecule has 0 saturated carbocycles. The molecule has 0 spiro atoms. The van der Waals surface area contributed by atoms with E-state index in [-0.39, 0.29) is 0 Å². The Hall–Kier alpha value is -3.50. The average Bonchev–Trinajstić information content (AvgIpc) is 2.50. The van der Waals surface area contributed by atoms with E-state index in [2.05, 4.69) is 0 Å². The van der Waals surface area contributed by atoms with E-state index in [0.717, 1.165) is 0 Å². The van der Waals surface area contributed by atoms with Crippen molar-refractivity contribution >= 4 is 58.0 Å². The fourth-order valence-electron chi connectivity index (χ4n) is 2.49. The van der Waals surface area contributed by atoms with E-state index >= 15 is 0 Å². The largest absolute Gasteiger partial charge is 0.481 e. The van der Waals surface area contributed by atoms with Gasteiger partial charge in [-0.25, -0.2) is 0 Å². The van der Waals surface area contributed by atoms with E-state index in [1.807, 2.05) is 0 Å². The predicted molar refractivity (Wildman–Crippen MR) is 99.9 cm³/mol. The first kappa shape index (κ1) is 27.5. The Bertz CT molecular complexity index is 764. The highest BCUT2D eigenvalue weighted by Crippen LogP contribution is 2.05. The van der Waals surface area contributed by atoms with Crippen LogP contribution in [-0.2, 0) is 47.9 Å². The maximum absolute atomic E-state index is 11.7. The summed E-state index contributed by atoms with van der Waals surface area (Å²) in [6.45, 7) is 1.17.